The first-order valence-electron chi connectivity index (χ1n) is 10.3. The van der Waals surface area contributed by atoms with Gasteiger partial charge >= 0.3 is 12.2 Å². The molecule has 0 aliphatic carbocycles. The molecular weight excluding hydrogens is 415 g/mol. The molecule has 2 atom stereocenters. The van der Waals surface area contributed by atoms with Crippen LogP contribution >= 0.6 is 0 Å². The van der Waals surface area contributed by atoms with Crippen LogP contribution in [0.3, 0.4) is 0 Å². The molecule has 3 amide bonds. The Balaban J connectivity index is 1.29. The zero-order chi connectivity index (χ0) is 22.4. The van der Waals surface area contributed by atoms with Gasteiger partial charge in [-0.25, -0.2) is 4.79 Å². The molecule has 3 aliphatic rings. The molecule has 170 valence electrons. The number of halogens is 3. The highest BCUT2D eigenvalue weighted by Crippen LogP contribution is 2.35. The van der Waals surface area contributed by atoms with E-state index < -0.39 is 11.8 Å². The number of fused-ring (bicyclic) bond motifs is 1. The fourth-order valence-electron chi connectivity index (χ4n) is 4.08. The van der Waals surface area contributed by atoms with Gasteiger partial charge in [-0.15, -0.1) is 0 Å². The van der Waals surface area contributed by atoms with Crippen molar-refractivity contribution in [1.29, 1.82) is 0 Å². The molecule has 3 saturated heterocycles. The molecule has 4 rings (SSSR count). The lowest BCUT2D eigenvalue weighted by atomic mass is 9.91. The summed E-state index contributed by atoms with van der Waals surface area (Å²) in [5.41, 5.74) is -1.32. The van der Waals surface area contributed by atoms with Crippen molar-refractivity contribution in [3.63, 3.8) is 0 Å². The number of likely N-dealkylation sites (tertiary alicyclic amines) is 2. The number of urea groups is 1. The van der Waals surface area contributed by atoms with Crippen molar-refractivity contribution < 1.29 is 32.2 Å². The molecule has 1 N–H and O–H groups in total. The predicted molar refractivity (Wildman–Crippen MR) is 105 cm³/mol. The number of ether oxygens (including phenoxy) is 2. The van der Waals surface area contributed by atoms with Crippen LogP contribution in [0.25, 0.3) is 0 Å². The average molecular weight is 441 g/mol. The second kappa shape index (κ2) is 7.89. The van der Waals surface area contributed by atoms with Crippen molar-refractivity contribution >= 4 is 11.9 Å². The number of hydrogen-bond acceptors (Lipinski definition) is 4. The Labute approximate surface area is 178 Å². The summed E-state index contributed by atoms with van der Waals surface area (Å²) >= 11 is 0. The number of benzene rings is 1. The Morgan fingerprint density at radius 2 is 1.81 bits per heavy atom. The van der Waals surface area contributed by atoms with Crippen molar-refractivity contribution in [3.8, 4) is 5.75 Å². The molecule has 31 heavy (non-hydrogen) atoms. The smallest absolute Gasteiger partial charge is 0.427 e. The third-order valence-corrected chi connectivity index (χ3v) is 6.15. The van der Waals surface area contributed by atoms with Gasteiger partial charge in [-0.2, -0.15) is 13.2 Å². The number of nitrogens with one attached hydrogen (secondary N) is 1. The SMILES string of the molecule is CC(C)(Oc1ccc(C2CN(C(=O)N3CC[C@@H]4OCC(=O)N[C@@H]4C3)C2)cc1)C(F)(F)F. The van der Waals surface area contributed by atoms with Crippen molar-refractivity contribution in [1.82, 2.24) is 15.1 Å². The molecule has 0 saturated carbocycles. The quantitative estimate of drug-likeness (QED) is 0.783. The number of nitrogens with zero attached hydrogens (tertiary/aromatic N) is 2. The Kier molecular flexibility index (Phi) is 5.53. The first-order valence-corrected chi connectivity index (χ1v) is 10.3. The van der Waals surface area contributed by atoms with Crippen LogP contribution in [0.15, 0.2) is 24.3 Å². The van der Waals surface area contributed by atoms with E-state index in [0.29, 0.717) is 32.6 Å². The fourth-order valence-corrected chi connectivity index (χ4v) is 4.08. The zero-order valence-electron chi connectivity index (χ0n) is 17.4. The maximum absolute atomic E-state index is 13.0. The van der Waals surface area contributed by atoms with Crippen molar-refractivity contribution in [3.05, 3.63) is 29.8 Å². The highest BCUT2D eigenvalue weighted by atomic mass is 19.4. The van der Waals surface area contributed by atoms with Crippen LogP contribution in [-0.4, -0.2) is 78.4 Å². The van der Waals surface area contributed by atoms with E-state index in [-0.39, 0.29) is 42.4 Å². The third-order valence-electron chi connectivity index (χ3n) is 6.15. The van der Waals surface area contributed by atoms with E-state index in [0.717, 1.165) is 19.4 Å². The van der Waals surface area contributed by atoms with Crippen LogP contribution in [0.5, 0.6) is 5.75 Å². The van der Waals surface area contributed by atoms with Gasteiger partial charge in [-0.05, 0) is 38.0 Å². The lowest BCUT2D eigenvalue weighted by Gasteiger charge is -2.46. The number of hydrogen-bond donors (Lipinski definition) is 1. The summed E-state index contributed by atoms with van der Waals surface area (Å²) in [5, 5.41) is 2.88. The van der Waals surface area contributed by atoms with Crippen LogP contribution in [0.1, 0.15) is 31.7 Å². The van der Waals surface area contributed by atoms with E-state index in [4.69, 9.17) is 9.47 Å². The van der Waals surface area contributed by atoms with Gasteiger partial charge in [0.15, 0.2) is 5.60 Å². The first kappa shape index (κ1) is 21.7. The minimum absolute atomic E-state index is 0.0473. The van der Waals surface area contributed by atoms with Gasteiger partial charge in [0, 0.05) is 32.1 Å². The molecule has 1 aromatic rings. The second-order valence-corrected chi connectivity index (χ2v) is 8.82. The van der Waals surface area contributed by atoms with Crippen LogP contribution in [-0.2, 0) is 9.53 Å². The van der Waals surface area contributed by atoms with Crippen molar-refractivity contribution in [2.24, 2.45) is 0 Å². The summed E-state index contributed by atoms with van der Waals surface area (Å²) in [6.07, 6.45) is -3.83. The van der Waals surface area contributed by atoms with E-state index in [1.807, 2.05) is 0 Å². The van der Waals surface area contributed by atoms with Crippen LogP contribution < -0.4 is 10.1 Å². The fraction of sp³-hybridized carbons (Fsp3) is 0.619. The van der Waals surface area contributed by atoms with E-state index in [9.17, 15) is 22.8 Å². The van der Waals surface area contributed by atoms with Gasteiger partial charge in [-0.3, -0.25) is 4.79 Å². The maximum Gasteiger partial charge on any atom is 0.427 e. The minimum atomic E-state index is -4.47. The predicted octanol–water partition coefficient (Wildman–Crippen LogP) is 2.51. The Morgan fingerprint density at radius 3 is 2.45 bits per heavy atom. The molecule has 3 heterocycles. The first-order chi connectivity index (χ1) is 14.5. The van der Waals surface area contributed by atoms with E-state index in [1.165, 1.54) is 12.1 Å². The number of carbonyl (C=O) groups excluding carboxylic acids is 2. The molecular formula is C21H26F3N3O4. The summed E-state index contributed by atoms with van der Waals surface area (Å²) < 4.78 is 49.6. The summed E-state index contributed by atoms with van der Waals surface area (Å²) in [6, 6.07) is 6.31. The normalized spacial score (nSPS) is 24.9. The van der Waals surface area contributed by atoms with Gasteiger partial charge in [-0.1, -0.05) is 12.1 Å². The number of rotatable bonds is 3. The Morgan fingerprint density at radius 1 is 1.13 bits per heavy atom. The standard InChI is InChI=1S/C21H26F3N3O4/c1-20(2,21(22,23)24)31-15-5-3-13(4-6-15)14-9-27(10-14)19(29)26-8-7-17-16(11-26)25-18(28)12-30-17/h3-6,14,16-17H,7-12H2,1-2H3,(H,25,28)/t16-,17+/m1/s1. The van der Waals surface area contributed by atoms with E-state index >= 15 is 0 Å². The summed E-state index contributed by atoms with van der Waals surface area (Å²) in [6.45, 7) is 4.14. The van der Waals surface area contributed by atoms with Gasteiger partial charge in [0.2, 0.25) is 5.91 Å². The van der Waals surface area contributed by atoms with E-state index in [1.54, 1.807) is 21.9 Å². The lowest BCUT2D eigenvalue weighted by Crippen LogP contribution is -2.63. The molecule has 0 bridgehead atoms. The molecule has 0 spiro atoms. The number of carbonyl (C=O) groups is 2. The molecule has 3 fully saturated rings. The minimum Gasteiger partial charge on any atom is -0.478 e. The molecule has 3 aliphatic heterocycles. The Bertz CT molecular complexity index is 837. The highest BCUT2D eigenvalue weighted by molar-refractivity contribution is 5.79. The zero-order valence-corrected chi connectivity index (χ0v) is 17.4. The lowest BCUT2D eigenvalue weighted by molar-refractivity contribution is -0.234. The maximum atomic E-state index is 13.0. The van der Waals surface area contributed by atoms with Crippen molar-refractivity contribution in [2.75, 3.05) is 32.8 Å². The monoisotopic (exact) mass is 441 g/mol. The van der Waals surface area contributed by atoms with Gasteiger partial charge in [0.25, 0.3) is 0 Å². The van der Waals surface area contributed by atoms with Crippen LogP contribution in [0.4, 0.5) is 18.0 Å². The number of amides is 3. The Hall–Kier alpha value is -2.49. The summed E-state index contributed by atoms with van der Waals surface area (Å²) in [7, 11) is 0. The molecule has 1 aromatic carbocycles. The van der Waals surface area contributed by atoms with Gasteiger partial charge < -0.3 is 24.6 Å². The van der Waals surface area contributed by atoms with Crippen molar-refractivity contribution in [2.45, 2.75) is 50.1 Å². The number of piperidine rings is 1. The second-order valence-electron chi connectivity index (χ2n) is 8.82. The largest absolute Gasteiger partial charge is 0.478 e. The molecule has 0 unspecified atom stereocenters. The molecule has 0 radical (unpaired) electrons. The van der Waals surface area contributed by atoms with Crippen LogP contribution in [0, 0.1) is 0 Å². The summed E-state index contributed by atoms with van der Waals surface area (Å²) in [5.74, 6) is 0.118. The average Bonchev–Trinajstić information content (AvgIpc) is 2.66. The van der Waals surface area contributed by atoms with E-state index in [2.05, 4.69) is 5.32 Å². The number of alkyl halides is 3. The van der Waals surface area contributed by atoms with Gasteiger partial charge in [0.05, 0.1) is 12.1 Å². The van der Waals surface area contributed by atoms with Gasteiger partial charge in [0.1, 0.15) is 12.4 Å². The third kappa shape index (κ3) is 4.44. The number of morpholine rings is 1. The molecule has 10 heteroatoms. The molecule has 7 nitrogen and oxygen atoms in total. The van der Waals surface area contributed by atoms with Crippen LogP contribution in [0.2, 0.25) is 0 Å². The topological polar surface area (TPSA) is 71.1 Å². The molecule has 0 aromatic heterocycles. The summed E-state index contributed by atoms with van der Waals surface area (Å²) in [4.78, 5) is 27.8. The highest BCUT2D eigenvalue weighted by Gasteiger charge is 2.50.